The highest BCUT2D eigenvalue weighted by atomic mass is 19.4. The van der Waals surface area contributed by atoms with Gasteiger partial charge >= 0.3 is 18.2 Å². The number of benzene rings is 2. The molecule has 0 spiro atoms. The van der Waals surface area contributed by atoms with Crippen molar-refractivity contribution < 1.29 is 32.6 Å². The number of fused-ring (bicyclic) bond motifs is 3. The zero-order valence-electron chi connectivity index (χ0n) is 15.7. The van der Waals surface area contributed by atoms with Gasteiger partial charge in [-0.1, -0.05) is 54.6 Å². The van der Waals surface area contributed by atoms with Crippen LogP contribution in [0.3, 0.4) is 0 Å². The van der Waals surface area contributed by atoms with Gasteiger partial charge in [0.15, 0.2) is 0 Å². The third kappa shape index (κ3) is 3.42. The SMILES string of the molecule is O=C(O)[C@@H]1[C@@H]2CC=C[C@@H]2c2cccc(C(F)(F)F)c2N1C(=O)OCc1ccccc1. The van der Waals surface area contributed by atoms with Crippen LogP contribution in [-0.2, 0) is 22.3 Å². The first-order valence-electron chi connectivity index (χ1n) is 9.38. The summed E-state index contributed by atoms with van der Waals surface area (Å²) in [4.78, 5) is 25.7. The van der Waals surface area contributed by atoms with E-state index >= 15 is 0 Å². The Morgan fingerprint density at radius 2 is 1.83 bits per heavy atom. The molecule has 2 aliphatic rings. The van der Waals surface area contributed by atoms with Crippen LogP contribution in [0.15, 0.2) is 60.7 Å². The molecule has 4 rings (SSSR count). The monoisotopic (exact) mass is 417 g/mol. The van der Waals surface area contributed by atoms with Crippen LogP contribution in [0, 0.1) is 5.92 Å². The van der Waals surface area contributed by atoms with Crippen molar-refractivity contribution in [2.24, 2.45) is 5.92 Å². The molecule has 0 aromatic heterocycles. The molecule has 0 radical (unpaired) electrons. The van der Waals surface area contributed by atoms with Gasteiger partial charge in [-0.05, 0) is 23.6 Å². The summed E-state index contributed by atoms with van der Waals surface area (Å²) in [6, 6.07) is 10.8. The van der Waals surface area contributed by atoms with Crippen LogP contribution in [0.5, 0.6) is 0 Å². The van der Waals surface area contributed by atoms with Crippen molar-refractivity contribution in [3.63, 3.8) is 0 Å². The molecular weight excluding hydrogens is 399 g/mol. The molecule has 0 saturated heterocycles. The molecule has 0 bridgehead atoms. The zero-order chi connectivity index (χ0) is 21.5. The van der Waals surface area contributed by atoms with E-state index in [9.17, 15) is 27.9 Å². The highest BCUT2D eigenvalue weighted by Crippen LogP contribution is 2.51. The van der Waals surface area contributed by atoms with Crippen molar-refractivity contribution >= 4 is 17.7 Å². The van der Waals surface area contributed by atoms with Crippen LogP contribution < -0.4 is 4.90 Å². The maximum atomic E-state index is 13.8. The van der Waals surface area contributed by atoms with Crippen molar-refractivity contribution in [3.8, 4) is 0 Å². The number of ether oxygens (including phenoxy) is 1. The number of halogens is 3. The lowest BCUT2D eigenvalue weighted by molar-refractivity contribution is -0.141. The van der Waals surface area contributed by atoms with E-state index in [4.69, 9.17) is 4.74 Å². The van der Waals surface area contributed by atoms with Crippen molar-refractivity contribution in [3.05, 3.63) is 77.4 Å². The normalized spacial score (nSPS) is 22.4. The topological polar surface area (TPSA) is 66.8 Å². The molecule has 0 unspecified atom stereocenters. The van der Waals surface area contributed by atoms with Crippen LogP contribution in [0.4, 0.5) is 23.7 Å². The number of carboxylic acid groups (broad SMARTS) is 1. The quantitative estimate of drug-likeness (QED) is 0.716. The molecule has 0 saturated carbocycles. The molecule has 1 aliphatic carbocycles. The van der Waals surface area contributed by atoms with E-state index in [1.54, 1.807) is 42.5 Å². The van der Waals surface area contributed by atoms with Gasteiger partial charge in [0.1, 0.15) is 12.6 Å². The van der Waals surface area contributed by atoms with E-state index < -0.39 is 47.4 Å². The second kappa shape index (κ2) is 7.51. The molecule has 8 heteroatoms. The number of hydrogen-bond acceptors (Lipinski definition) is 3. The van der Waals surface area contributed by atoms with E-state index in [-0.39, 0.29) is 12.2 Å². The maximum Gasteiger partial charge on any atom is 0.418 e. The lowest BCUT2D eigenvalue weighted by Crippen LogP contribution is -2.54. The first kappa shape index (κ1) is 20.0. The lowest BCUT2D eigenvalue weighted by atomic mass is 9.77. The summed E-state index contributed by atoms with van der Waals surface area (Å²) in [6.07, 6.45) is -2.07. The Balaban J connectivity index is 1.80. The Hall–Kier alpha value is -3.29. The minimum absolute atomic E-state index is 0.182. The van der Waals surface area contributed by atoms with Crippen LogP contribution >= 0.6 is 0 Å². The van der Waals surface area contributed by atoms with Crippen molar-refractivity contribution in [2.45, 2.75) is 31.2 Å². The van der Waals surface area contributed by atoms with E-state index in [2.05, 4.69) is 0 Å². The number of rotatable bonds is 3. The number of alkyl halides is 3. The molecule has 5 nitrogen and oxygen atoms in total. The van der Waals surface area contributed by atoms with Crippen LogP contribution in [0.1, 0.15) is 29.0 Å². The number of aliphatic carboxylic acids is 1. The fraction of sp³-hybridized carbons (Fsp3) is 0.273. The van der Waals surface area contributed by atoms with Crippen molar-refractivity contribution in [1.82, 2.24) is 0 Å². The molecular formula is C22H18F3NO4. The third-order valence-electron chi connectivity index (χ3n) is 5.52. The first-order valence-corrected chi connectivity index (χ1v) is 9.38. The summed E-state index contributed by atoms with van der Waals surface area (Å²) in [5.74, 6) is -2.45. The van der Waals surface area contributed by atoms with Gasteiger partial charge in [0.25, 0.3) is 0 Å². The molecule has 1 amide bonds. The Labute approximate surface area is 170 Å². The third-order valence-corrected chi connectivity index (χ3v) is 5.52. The predicted molar refractivity (Wildman–Crippen MR) is 102 cm³/mol. The van der Waals surface area contributed by atoms with Crippen LogP contribution in [-0.4, -0.2) is 23.2 Å². The minimum Gasteiger partial charge on any atom is -0.480 e. The van der Waals surface area contributed by atoms with Gasteiger partial charge < -0.3 is 9.84 Å². The predicted octanol–water partition coefficient (Wildman–Crippen LogP) is 4.98. The smallest absolute Gasteiger partial charge is 0.418 e. The van der Waals surface area contributed by atoms with Gasteiger partial charge in [-0.3, -0.25) is 4.90 Å². The summed E-state index contributed by atoms with van der Waals surface area (Å²) in [5, 5.41) is 9.85. The van der Waals surface area contributed by atoms with Crippen LogP contribution in [0.25, 0.3) is 0 Å². The van der Waals surface area contributed by atoms with Gasteiger partial charge in [0.2, 0.25) is 0 Å². The number of amides is 1. The molecule has 1 aliphatic heterocycles. The van der Waals surface area contributed by atoms with E-state index in [0.717, 1.165) is 6.07 Å². The fourth-order valence-corrected chi connectivity index (χ4v) is 4.28. The number of hydrogen-bond donors (Lipinski definition) is 1. The number of carbonyl (C=O) groups excluding carboxylic acids is 1. The van der Waals surface area contributed by atoms with Gasteiger partial charge in [0.05, 0.1) is 11.3 Å². The molecule has 2 aromatic rings. The highest BCUT2D eigenvalue weighted by molar-refractivity contribution is 5.98. The van der Waals surface area contributed by atoms with Gasteiger partial charge in [0, 0.05) is 11.8 Å². The Bertz CT molecular complexity index is 1000. The van der Waals surface area contributed by atoms with Crippen molar-refractivity contribution in [2.75, 3.05) is 4.90 Å². The number of nitrogens with zero attached hydrogens (tertiary/aromatic N) is 1. The van der Waals surface area contributed by atoms with E-state index in [0.29, 0.717) is 16.9 Å². The molecule has 0 fully saturated rings. The summed E-state index contributed by atoms with van der Waals surface area (Å²) in [5.41, 5.74) is -0.581. The molecule has 3 atom stereocenters. The Morgan fingerprint density at radius 1 is 1.10 bits per heavy atom. The van der Waals surface area contributed by atoms with E-state index in [1.807, 2.05) is 0 Å². The number of carbonyl (C=O) groups is 2. The Morgan fingerprint density at radius 3 is 2.50 bits per heavy atom. The molecule has 1 heterocycles. The van der Waals surface area contributed by atoms with Crippen molar-refractivity contribution in [1.29, 1.82) is 0 Å². The second-order valence-corrected chi connectivity index (χ2v) is 7.29. The number of carboxylic acids is 1. The highest BCUT2D eigenvalue weighted by Gasteiger charge is 2.51. The largest absolute Gasteiger partial charge is 0.480 e. The summed E-state index contributed by atoms with van der Waals surface area (Å²) in [6.45, 7) is -0.182. The minimum atomic E-state index is -4.76. The number of anilines is 1. The molecule has 30 heavy (non-hydrogen) atoms. The van der Waals surface area contributed by atoms with Crippen LogP contribution in [0.2, 0.25) is 0 Å². The van der Waals surface area contributed by atoms with Gasteiger partial charge in [-0.2, -0.15) is 13.2 Å². The summed E-state index contributed by atoms with van der Waals surface area (Å²) >= 11 is 0. The summed E-state index contributed by atoms with van der Waals surface area (Å²) < 4.78 is 46.6. The average Bonchev–Trinajstić information content (AvgIpc) is 3.20. The van der Waals surface area contributed by atoms with Gasteiger partial charge in [-0.25, -0.2) is 9.59 Å². The first-order chi connectivity index (χ1) is 14.3. The zero-order valence-corrected chi connectivity index (χ0v) is 15.7. The lowest BCUT2D eigenvalue weighted by Gasteiger charge is -2.42. The molecule has 1 N–H and O–H groups in total. The van der Waals surface area contributed by atoms with Gasteiger partial charge in [-0.15, -0.1) is 0 Å². The Kier molecular flexibility index (Phi) is 5.01. The second-order valence-electron chi connectivity index (χ2n) is 7.29. The standard InChI is InChI=1S/C22H18F3NO4/c23-22(24,25)17-11-5-10-15-14-8-4-9-16(14)19(20(27)28)26(18(15)17)21(29)30-12-13-6-2-1-3-7-13/h1-8,10-11,14,16,19H,9,12H2,(H,27,28)/t14-,16-,19+/m1/s1. The number of allylic oxidation sites excluding steroid dienone is 2. The fourth-order valence-electron chi connectivity index (χ4n) is 4.28. The van der Waals surface area contributed by atoms with E-state index in [1.165, 1.54) is 12.1 Å². The summed E-state index contributed by atoms with van der Waals surface area (Å²) in [7, 11) is 0. The maximum absolute atomic E-state index is 13.8. The molecule has 156 valence electrons. The number of para-hydroxylation sites is 1. The molecule has 2 aromatic carbocycles. The average molecular weight is 417 g/mol.